The number of nitrogens with two attached hydrogens (primary N) is 1. The van der Waals surface area contributed by atoms with Crippen molar-refractivity contribution in [3.8, 4) is 6.07 Å². The van der Waals surface area contributed by atoms with E-state index in [2.05, 4.69) is 22.0 Å². The summed E-state index contributed by atoms with van der Waals surface area (Å²) in [7, 11) is 0. The lowest BCUT2D eigenvalue weighted by Gasteiger charge is -2.07. The molecule has 0 radical (unpaired) electrons. The van der Waals surface area contributed by atoms with E-state index in [1.807, 2.05) is 24.3 Å². The van der Waals surface area contributed by atoms with E-state index in [0.717, 1.165) is 26.4 Å². The largest absolute Gasteiger partial charge is 0.398 e. The van der Waals surface area contributed by atoms with E-state index in [1.54, 1.807) is 23.9 Å². The molecule has 0 aliphatic rings. The van der Waals surface area contributed by atoms with E-state index in [-0.39, 0.29) is 0 Å². The number of anilines is 1. The van der Waals surface area contributed by atoms with Crippen LogP contribution in [0.25, 0.3) is 0 Å². The van der Waals surface area contributed by atoms with Crippen molar-refractivity contribution in [3.05, 3.63) is 57.0 Å². The minimum absolute atomic E-state index is 0.571. The number of rotatable bonds is 3. The second kappa shape index (κ2) is 6.33. The summed E-state index contributed by atoms with van der Waals surface area (Å²) in [5.74, 6) is 0.719. The second-order valence-electron chi connectivity index (χ2n) is 3.89. The first-order valence-corrected chi connectivity index (χ1v) is 7.62. The fourth-order valence-electron chi connectivity index (χ4n) is 1.54. The van der Waals surface area contributed by atoms with Gasteiger partial charge in [0.15, 0.2) is 0 Å². The molecule has 5 heteroatoms. The van der Waals surface area contributed by atoms with Crippen LogP contribution in [0.5, 0.6) is 0 Å². The Morgan fingerprint density at radius 2 is 2.05 bits per heavy atom. The topological polar surface area (TPSA) is 49.8 Å². The molecule has 0 heterocycles. The second-order valence-corrected chi connectivity index (χ2v) is 6.23. The monoisotopic (exact) mass is 352 g/mol. The highest BCUT2D eigenvalue weighted by Gasteiger charge is 2.05. The van der Waals surface area contributed by atoms with Gasteiger partial charge in [0.1, 0.15) is 0 Å². The Bertz CT molecular complexity index is 652. The highest BCUT2D eigenvalue weighted by molar-refractivity contribution is 9.10. The zero-order valence-corrected chi connectivity index (χ0v) is 13.0. The number of hydrogen-bond donors (Lipinski definition) is 1. The smallest absolute Gasteiger partial charge is 0.0992 e. The molecule has 2 aromatic carbocycles. The Morgan fingerprint density at radius 1 is 1.26 bits per heavy atom. The predicted octanol–water partition coefficient (Wildman–Crippen LogP) is 4.85. The van der Waals surface area contributed by atoms with Crippen LogP contribution in [0.15, 0.2) is 45.8 Å². The zero-order chi connectivity index (χ0) is 13.8. The minimum atomic E-state index is 0.571. The number of nitriles is 1. The summed E-state index contributed by atoms with van der Waals surface area (Å²) in [4.78, 5) is 1.02. The van der Waals surface area contributed by atoms with Crippen LogP contribution >= 0.6 is 39.3 Å². The van der Waals surface area contributed by atoms with Crippen LogP contribution in [0, 0.1) is 11.3 Å². The van der Waals surface area contributed by atoms with Crippen LogP contribution in [0.3, 0.4) is 0 Å². The maximum Gasteiger partial charge on any atom is 0.0992 e. The number of nitrogen functional groups attached to an aromatic ring is 1. The standard InChI is InChI=1S/C14H10BrClN2S/c15-11-3-4-14(13(18)6-11)19-8-10-2-1-9(7-17)5-12(10)16/h1-6H,8,18H2. The molecule has 2 N–H and O–H groups in total. The zero-order valence-electron chi connectivity index (χ0n) is 9.86. The van der Waals surface area contributed by atoms with E-state index < -0.39 is 0 Å². The Balaban J connectivity index is 2.13. The Labute approximate surface area is 129 Å². The van der Waals surface area contributed by atoms with E-state index in [4.69, 9.17) is 22.6 Å². The molecule has 0 amide bonds. The summed E-state index contributed by atoms with van der Waals surface area (Å²) >= 11 is 11.1. The van der Waals surface area contributed by atoms with Crippen LogP contribution in [-0.4, -0.2) is 0 Å². The number of benzene rings is 2. The number of thioether (sulfide) groups is 1. The number of nitrogens with zero attached hydrogens (tertiary/aromatic N) is 1. The van der Waals surface area contributed by atoms with Crippen LogP contribution in [0.2, 0.25) is 5.02 Å². The van der Waals surface area contributed by atoms with Crippen molar-refractivity contribution in [2.24, 2.45) is 0 Å². The summed E-state index contributed by atoms with van der Waals surface area (Å²) in [5.41, 5.74) is 8.25. The summed E-state index contributed by atoms with van der Waals surface area (Å²) in [5, 5.41) is 9.40. The summed E-state index contributed by atoms with van der Waals surface area (Å²) in [6.45, 7) is 0. The average molecular weight is 354 g/mol. The molecule has 0 aromatic heterocycles. The van der Waals surface area contributed by atoms with Gasteiger partial charge in [-0.25, -0.2) is 0 Å². The third-order valence-corrected chi connectivity index (χ3v) is 4.52. The Morgan fingerprint density at radius 3 is 2.68 bits per heavy atom. The van der Waals surface area contributed by atoms with Gasteiger partial charge < -0.3 is 5.73 Å². The highest BCUT2D eigenvalue weighted by atomic mass is 79.9. The normalized spacial score (nSPS) is 10.2. The van der Waals surface area contributed by atoms with Crippen LogP contribution in [0.4, 0.5) is 5.69 Å². The van der Waals surface area contributed by atoms with Crippen molar-refractivity contribution in [1.29, 1.82) is 5.26 Å². The minimum Gasteiger partial charge on any atom is -0.398 e. The van der Waals surface area contributed by atoms with Crippen molar-refractivity contribution < 1.29 is 0 Å². The van der Waals surface area contributed by atoms with Gasteiger partial charge in [-0.3, -0.25) is 0 Å². The van der Waals surface area contributed by atoms with E-state index in [0.29, 0.717) is 10.6 Å². The van der Waals surface area contributed by atoms with Gasteiger partial charge in [0.2, 0.25) is 0 Å². The molecule has 0 aliphatic carbocycles. The van der Waals surface area contributed by atoms with Crippen molar-refractivity contribution in [2.45, 2.75) is 10.6 Å². The Hall–Kier alpha value is -1.15. The van der Waals surface area contributed by atoms with Gasteiger partial charge in [-0.05, 0) is 35.9 Å². The van der Waals surface area contributed by atoms with Crippen LogP contribution in [-0.2, 0) is 5.75 Å². The first-order chi connectivity index (χ1) is 9.10. The van der Waals surface area contributed by atoms with Crippen molar-refractivity contribution in [1.82, 2.24) is 0 Å². The molecule has 2 rings (SSSR count). The third-order valence-electron chi connectivity index (χ3n) is 2.54. The van der Waals surface area contributed by atoms with Crippen LogP contribution in [0.1, 0.15) is 11.1 Å². The molecule has 2 aromatic rings. The summed E-state index contributed by atoms with van der Waals surface area (Å²) in [6, 6.07) is 13.2. The van der Waals surface area contributed by atoms with Gasteiger partial charge in [0.25, 0.3) is 0 Å². The molecule has 0 aliphatic heterocycles. The van der Waals surface area contributed by atoms with Crippen molar-refractivity contribution in [2.75, 3.05) is 5.73 Å². The van der Waals surface area contributed by atoms with E-state index in [9.17, 15) is 0 Å². The van der Waals surface area contributed by atoms with Gasteiger partial charge in [-0.2, -0.15) is 5.26 Å². The molecule has 0 unspecified atom stereocenters. The first-order valence-electron chi connectivity index (χ1n) is 5.46. The lowest BCUT2D eigenvalue weighted by molar-refractivity contribution is 1.37. The molecule has 0 saturated carbocycles. The first kappa shape index (κ1) is 14.3. The van der Waals surface area contributed by atoms with Gasteiger partial charge >= 0.3 is 0 Å². The molecule has 19 heavy (non-hydrogen) atoms. The molecule has 0 atom stereocenters. The van der Waals surface area contributed by atoms with Crippen molar-refractivity contribution in [3.63, 3.8) is 0 Å². The predicted molar refractivity (Wildman–Crippen MR) is 84.3 cm³/mol. The molecule has 2 nitrogen and oxygen atoms in total. The van der Waals surface area contributed by atoms with Crippen molar-refractivity contribution >= 4 is 45.0 Å². The highest BCUT2D eigenvalue weighted by Crippen LogP contribution is 2.32. The lowest BCUT2D eigenvalue weighted by atomic mass is 10.2. The SMILES string of the molecule is N#Cc1ccc(CSc2ccc(Br)cc2N)c(Cl)c1. The van der Waals surface area contributed by atoms with Gasteiger partial charge in [0, 0.05) is 25.8 Å². The van der Waals surface area contributed by atoms with Crippen LogP contribution < -0.4 is 5.73 Å². The molecule has 0 bridgehead atoms. The summed E-state index contributed by atoms with van der Waals surface area (Å²) < 4.78 is 0.964. The fraction of sp³-hybridized carbons (Fsp3) is 0.0714. The van der Waals surface area contributed by atoms with E-state index >= 15 is 0 Å². The maximum absolute atomic E-state index is 8.79. The molecule has 0 fully saturated rings. The molecular formula is C14H10BrClN2S. The number of halogens is 2. The molecule has 96 valence electrons. The fourth-order valence-corrected chi connectivity index (χ4v) is 3.20. The molecule has 0 spiro atoms. The number of hydrogen-bond acceptors (Lipinski definition) is 3. The summed E-state index contributed by atoms with van der Waals surface area (Å²) in [6.07, 6.45) is 0. The van der Waals surface area contributed by atoms with Gasteiger partial charge in [-0.1, -0.05) is 33.6 Å². The average Bonchev–Trinajstić information content (AvgIpc) is 2.39. The maximum atomic E-state index is 8.79. The molecule has 0 saturated heterocycles. The third kappa shape index (κ3) is 3.66. The molecular weight excluding hydrogens is 344 g/mol. The Kier molecular flexibility index (Phi) is 4.76. The quantitative estimate of drug-likeness (QED) is 0.634. The lowest BCUT2D eigenvalue weighted by Crippen LogP contribution is -1.90. The van der Waals surface area contributed by atoms with Gasteiger partial charge in [0.05, 0.1) is 11.6 Å². The van der Waals surface area contributed by atoms with Gasteiger partial charge in [-0.15, -0.1) is 11.8 Å². The van der Waals surface area contributed by atoms with E-state index in [1.165, 1.54) is 0 Å².